The summed E-state index contributed by atoms with van der Waals surface area (Å²) in [6.07, 6.45) is 0. The molecule has 75 heavy (non-hydrogen) atoms. The number of benzene rings is 13. The third-order valence-electron chi connectivity index (χ3n) is 16.6. The molecule has 3 heteroatoms. The van der Waals surface area contributed by atoms with Crippen molar-refractivity contribution in [2.75, 3.05) is 0 Å². The Hall–Kier alpha value is -9.96. The monoisotopic (exact) mass is 949 g/mol. The lowest BCUT2D eigenvalue weighted by atomic mass is 9.94. The van der Waals surface area contributed by atoms with Crippen molar-refractivity contribution in [3.05, 3.63) is 261 Å². The van der Waals surface area contributed by atoms with E-state index < -0.39 is 0 Å². The van der Waals surface area contributed by atoms with E-state index in [0.29, 0.717) is 0 Å². The molecule has 0 saturated heterocycles. The average molecular weight is 950 g/mol. The van der Waals surface area contributed by atoms with E-state index in [2.05, 4.69) is 274 Å². The van der Waals surface area contributed by atoms with E-state index in [1.807, 2.05) is 0 Å². The molecule has 4 heterocycles. The Balaban J connectivity index is 0.710. The minimum absolute atomic E-state index is 1.15. The van der Waals surface area contributed by atoms with E-state index in [1.54, 1.807) is 0 Å². The van der Waals surface area contributed by atoms with Crippen molar-refractivity contribution in [3.8, 4) is 44.8 Å². The van der Waals surface area contributed by atoms with Crippen LogP contribution in [0.3, 0.4) is 0 Å². The topological polar surface area (TPSA) is 14.3 Å². The first-order valence-corrected chi connectivity index (χ1v) is 26.0. The second-order valence-corrected chi connectivity index (χ2v) is 20.4. The molecule has 3 nitrogen and oxygen atoms in total. The molecule has 0 aliphatic carbocycles. The highest BCUT2D eigenvalue weighted by atomic mass is 15.0. The summed E-state index contributed by atoms with van der Waals surface area (Å²) >= 11 is 0. The van der Waals surface area contributed by atoms with Gasteiger partial charge in [-0.1, -0.05) is 188 Å². The second-order valence-electron chi connectivity index (χ2n) is 20.4. The number of rotatable bonds is 5. The Bertz CT molecular complexity index is 5190. The lowest BCUT2D eigenvalue weighted by Gasteiger charge is -2.14. The molecule has 17 rings (SSSR count). The van der Waals surface area contributed by atoms with E-state index >= 15 is 0 Å². The standard InChI is InChI=1S/C72H43N3/c1-2-14-54-52(12-1)53-13-3-4-15-55(53)63-43-51(35-37-56(54)63)74-67-22-9-7-18-59(67)65-41-48(32-39-70(65)74)45-26-24-44(25-27-45)47-31-38-69-64(40-47)58-17-6-8-21-66(58)73(69)50-33-28-46(29-34-50)49-30-36-60-62-20-11-19-61-57-16-5-10-23-68(57)75(72(61)62)71(60)42-49/h1-43H. The molecular formula is C72H43N3. The maximum absolute atomic E-state index is 2.46. The fourth-order valence-corrected chi connectivity index (χ4v) is 13.2. The molecule has 0 fully saturated rings. The van der Waals surface area contributed by atoms with Crippen LogP contribution >= 0.6 is 0 Å². The van der Waals surface area contributed by atoms with Gasteiger partial charge in [-0.2, -0.15) is 0 Å². The van der Waals surface area contributed by atoms with Gasteiger partial charge >= 0.3 is 0 Å². The molecule has 17 aromatic rings. The van der Waals surface area contributed by atoms with Crippen molar-refractivity contribution in [1.29, 1.82) is 0 Å². The number of hydrogen-bond acceptors (Lipinski definition) is 0. The molecule has 0 bridgehead atoms. The van der Waals surface area contributed by atoms with Crippen LogP contribution in [0.15, 0.2) is 261 Å². The Morgan fingerprint density at radius 1 is 0.173 bits per heavy atom. The Labute approximate surface area is 430 Å². The molecule has 0 spiro atoms. The van der Waals surface area contributed by atoms with Crippen molar-refractivity contribution >= 4 is 114 Å². The summed E-state index contributed by atoms with van der Waals surface area (Å²) in [4.78, 5) is 0. The van der Waals surface area contributed by atoms with Gasteiger partial charge in [-0.3, -0.25) is 0 Å². The molecule has 0 aliphatic heterocycles. The van der Waals surface area contributed by atoms with E-state index in [-0.39, 0.29) is 0 Å². The maximum atomic E-state index is 2.46. The highest BCUT2D eigenvalue weighted by Gasteiger charge is 2.20. The van der Waals surface area contributed by atoms with Crippen LogP contribution in [0, 0.1) is 0 Å². The van der Waals surface area contributed by atoms with Crippen molar-refractivity contribution in [1.82, 2.24) is 13.5 Å². The van der Waals surface area contributed by atoms with Gasteiger partial charge in [0, 0.05) is 54.5 Å². The lowest BCUT2D eigenvalue weighted by Crippen LogP contribution is -1.94. The zero-order valence-corrected chi connectivity index (χ0v) is 40.7. The second kappa shape index (κ2) is 15.3. The summed E-state index contributed by atoms with van der Waals surface area (Å²) in [6, 6.07) is 96.9. The SMILES string of the molecule is c1ccc2c(c1)c1ccccc1c1cc(-n3c4ccccc4c4cc(-c5ccc(-c6ccc7c(c6)c6ccccc6n7-c6ccc(-c7ccc8c9cccc%10c%11ccccc%11n(c8c7)c%109)cc6)cc5)ccc43)ccc21. The molecule has 4 aromatic heterocycles. The van der Waals surface area contributed by atoms with Gasteiger partial charge in [-0.05, 0) is 138 Å². The molecule has 346 valence electrons. The van der Waals surface area contributed by atoms with Crippen LogP contribution in [0.4, 0.5) is 0 Å². The van der Waals surface area contributed by atoms with Gasteiger partial charge in [0.25, 0.3) is 0 Å². The van der Waals surface area contributed by atoms with Crippen molar-refractivity contribution in [3.63, 3.8) is 0 Å². The van der Waals surface area contributed by atoms with Crippen LogP contribution in [0.2, 0.25) is 0 Å². The van der Waals surface area contributed by atoms with Crippen LogP contribution in [0.5, 0.6) is 0 Å². The zero-order valence-electron chi connectivity index (χ0n) is 40.7. The van der Waals surface area contributed by atoms with E-state index in [9.17, 15) is 0 Å². The van der Waals surface area contributed by atoms with Gasteiger partial charge in [0.15, 0.2) is 0 Å². The largest absolute Gasteiger partial charge is 0.309 e. The molecule has 0 unspecified atom stereocenters. The third-order valence-corrected chi connectivity index (χ3v) is 16.6. The number of nitrogens with zero attached hydrogens (tertiary/aromatic N) is 3. The highest BCUT2D eigenvalue weighted by molar-refractivity contribution is 6.26. The van der Waals surface area contributed by atoms with Gasteiger partial charge in [0.1, 0.15) is 0 Å². The van der Waals surface area contributed by atoms with Gasteiger partial charge in [-0.25, -0.2) is 0 Å². The van der Waals surface area contributed by atoms with Crippen molar-refractivity contribution in [2.24, 2.45) is 0 Å². The predicted molar refractivity (Wildman–Crippen MR) is 319 cm³/mol. The highest BCUT2D eigenvalue weighted by Crippen LogP contribution is 2.43. The molecule has 0 radical (unpaired) electrons. The average Bonchev–Trinajstić information content (AvgIpc) is 4.22. The summed E-state index contributed by atoms with van der Waals surface area (Å²) < 4.78 is 7.32. The first kappa shape index (κ1) is 40.6. The van der Waals surface area contributed by atoms with Crippen LogP contribution in [-0.2, 0) is 0 Å². The number of hydrogen-bond donors (Lipinski definition) is 0. The van der Waals surface area contributed by atoms with Gasteiger partial charge in [-0.15, -0.1) is 0 Å². The minimum atomic E-state index is 1.15. The van der Waals surface area contributed by atoms with Crippen LogP contribution in [0.1, 0.15) is 0 Å². The van der Waals surface area contributed by atoms with Gasteiger partial charge in [0.05, 0.1) is 38.6 Å². The summed E-state index contributed by atoms with van der Waals surface area (Å²) in [5.41, 5.74) is 18.1. The van der Waals surface area contributed by atoms with Gasteiger partial charge < -0.3 is 13.5 Å². The molecule has 0 N–H and O–H groups in total. The summed E-state index contributed by atoms with van der Waals surface area (Å²) in [5, 5.41) is 17.9. The van der Waals surface area contributed by atoms with Gasteiger partial charge in [0.2, 0.25) is 0 Å². The predicted octanol–water partition coefficient (Wildman–Crippen LogP) is 19.5. The Kier molecular flexibility index (Phi) is 8.28. The van der Waals surface area contributed by atoms with Crippen LogP contribution in [-0.4, -0.2) is 13.5 Å². The van der Waals surface area contributed by atoms with E-state index in [1.165, 1.54) is 153 Å². The number of para-hydroxylation sites is 4. The van der Waals surface area contributed by atoms with E-state index in [4.69, 9.17) is 0 Å². The molecule has 13 aromatic carbocycles. The Morgan fingerprint density at radius 3 is 1.08 bits per heavy atom. The summed E-state index contributed by atoms with van der Waals surface area (Å²) in [7, 11) is 0. The van der Waals surface area contributed by atoms with Crippen molar-refractivity contribution < 1.29 is 0 Å². The Morgan fingerprint density at radius 2 is 0.520 bits per heavy atom. The molecule has 0 saturated carbocycles. The molecule has 0 atom stereocenters. The third kappa shape index (κ3) is 5.75. The smallest absolute Gasteiger partial charge is 0.0620 e. The zero-order chi connectivity index (χ0) is 48.9. The fourth-order valence-electron chi connectivity index (χ4n) is 13.2. The van der Waals surface area contributed by atoms with Crippen molar-refractivity contribution in [2.45, 2.75) is 0 Å². The van der Waals surface area contributed by atoms with Crippen LogP contribution < -0.4 is 0 Å². The number of aromatic nitrogens is 3. The normalized spacial score (nSPS) is 12.3. The lowest BCUT2D eigenvalue weighted by molar-refractivity contribution is 1.18. The summed E-state index contributed by atoms with van der Waals surface area (Å²) in [6.45, 7) is 0. The fraction of sp³-hybridized carbons (Fsp3) is 0. The quantitative estimate of drug-likeness (QED) is 0.153. The first-order valence-electron chi connectivity index (χ1n) is 26.0. The van der Waals surface area contributed by atoms with Crippen LogP contribution in [0.25, 0.3) is 159 Å². The number of fused-ring (bicyclic) bond motifs is 18. The van der Waals surface area contributed by atoms with E-state index in [0.717, 1.165) is 5.69 Å². The molecule has 0 aliphatic rings. The molecular weight excluding hydrogens is 907 g/mol. The first-order chi connectivity index (χ1) is 37.2. The molecule has 0 amide bonds. The minimum Gasteiger partial charge on any atom is -0.309 e. The summed E-state index contributed by atoms with van der Waals surface area (Å²) in [5.74, 6) is 0. The maximum Gasteiger partial charge on any atom is 0.0620 e.